The molecule has 1 saturated heterocycles. The Morgan fingerprint density at radius 2 is 1.65 bits per heavy atom. The molecular formula is C43H64N2O5S. The lowest BCUT2D eigenvalue weighted by Crippen LogP contribution is -2.66. The van der Waals surface area contributed by atoms with E-state index in [1.807, 2.05) is 12.1 Å². The number of carboxylic acid groups (broad SMARTS) is 1. The molecule has 0 spiro atoms. The van der Waals surface area contributed by atoms with Crippen LogP contribution in [0, 0.1) is 56.7 Å². The van der Waals surface area contributed by atoms with E-state index in [4.69, 9.17) is 0 Å². The molecule has 1 heterocycles. The molecule has 6 aliphatic rings. The fourth-order valence-corrected chi connectivity index (χ4v) is 15.6. The summed E-state index contributed by atoms with van der Waals surface area (Å²) in [7, 11) is -2.85. The van der Waals surface area contributed by atoms with Crippen molar-refractivity contribution in [1.82, 2.24) is 9.62 Å². The van der Waals surface area contributed by atoms with Gasteiger partial charge < -0.3 is 10.4 Å². The predicted molar refractivity (Wildman–Crippen MR) is 207 cm³/mol. The van der Waals surface area contributed by atoms with E-state index in [1.54, 1.807) is 16.4 Å². The molecule has 8 heteroatoms. The summed E-state index contributed by atoms with van der Waals surface area (Å²) < 4.78 is 22.8. The normalized spacial score (nSPS) is 41.9. The molecule has 5 fully saturated rings. The number of benzene rings is 1. The Labute approximate surface area is 308 Å². The monoisotopic (exact) mass is 720 g/mol. The number of nitrogens with one attached hydrogen (secondary N) is 1. The molecule has 0 bridgehead atoms. The molecule has 282 valence electrons. The summed E-state index contributed by atoms with van der Waals surface area (Å²) in [6, 6.07) is 7.53. The van der Waals surface area contributed by atoms with Crippen LogP contribution in [-0.4, -0.2) is 55.8 Å². The maximum absolute atomic E-state index is 13.4. The van der Waals surface area contributed by atoms with Gasteiger partial charge >= 0.3 is 5.97 Å². The zero-order chi connectivity index (χ0) is 36.8. The van der Waals surface area contributed by atoms with Crippen LogP contribution in [0.1, 0.15) is 128 Å². The summed E-state index contributed by atoms with van der Waals surface area (Å²) in [6.45, 7) is 20.9. The molecule has 0 aromatic heterocycles. The summed E-state index contributed by atoms with van der Waals surface area (Å²) in [5, 5.41) is 12.8. The first kappa shape index (κ1) is 37.2. The lowest BCUT2D eigenvalue weighted by atomic mass is 9.32. The van der Waals surface area contributed by atoms with Gasteiger partial charge in [0.05, 0.1) is 17.9 Å². The van der Waals surface area contributed by atoms with E-state index in [0.29, 0.717) is 54.0 Å². The molecule has 1 aromatic carbocycles. The Morgan fingerprint density at radius 3 is 2.31 bits per heavy atom. The topological polar surface area (TPSA) is 110 Å². The molecule has 9 atom stereocenters. The maximum atomic E-state index is 13.4. The predicted octanol–water partition coefficient (Wildman–Crippen LogP) is 9.91. The fourth-order valence-electron chi connectivity index (χ4n) is 14.0. The minimum atomic E-state index is -2.85. The number of carbonyl (C=O) groups excluding carboxylic acids is 1. The van der Waals surface area contributed by atoms with Crippen LogP contribution in [0.4, 0.5) is 0 Å². The van der Waals surface area contributed by atoms with Gasteiger partial charge in [0.2, 0.25) is 5.91 Å². The van der Waals surface area contributed by atoms with Gasteiger partial charge in [-0.15, -0.1) is 10.8 Å². The Bertz CT molecular complexity index is 1600. The lowest BCUT2D eigenvalue weighted by Gasteiger charge is -2.72. The zero-order valence-corrected chi connectivity index (χ0v) is 32.9. The van der Waals surface area contributed by atoms with Crippen LogP contribution in [0.15, 0.2) is 42.5 Å². The lowest BCUT2D eigenvalue weighted by molar-refractivity contribution is -0.225. The molecule has 7 nitrogen and oxygen atoms in total. The number of aromatic carboxylic acids is 1. The van der Waals surface area contributed by atoms with Crippen LogP contribution < -0.4 is 5.32 Å². The molecule has 4 saturated carbocycles. The fraction of sp³-hybridized carbons (Fsp3) is 0.721. The summed E-state index contributed by atoms with van der Waals surface area (Å²) in [5.41, 5.74) is 4.80. The van der Waals surface area contributed by atoms with E-state index in [-0.39, 0.29) is 39.5 Å². The van der Waals surface area contributed by atoms with Crippen molar-refractivity contribution >= 4 is 28.2 Å². The van der Waals surface area contributed by atoms with Gasteiger partial charge in [-0.05, 0) is 157 Å². The van der Waals surface area contributed by atoms with Gasteiger partial charge in [-0.1, -0.05) is 65.0 Å². The molecule has 7 rings (SSSR count). The van der Waals surface area contributed by atoms with E-state index in [9.17, 15) is 23.8 Å². The highest BCUT2D eigenvalue weighted by Crippen LogP contribution is 2.77. The van der Waals surface area contributed by atoms with Gasteiger partial charge in [-0.25, -0.2) is 4.79 Å². The number of carbonyl (C=O) groups is 2. The number of fused-ring (bicyclic) bond motifs is 7. The molecular weight excluding hydrogens is 657 g/mol. The van der Waals surface area contributed by atoms with Gasteiger partial charge in [0.1, 0.15) is 0 Å². The average molecular weight is 721 g/mol. The summed E-state index contributed by atoms with van der Waals surface area (Å²) >= 11 is 0. The molecule has 1 aromatic rings. The smallest absolute Gasteiger partial charge is 0.335 e. The Kier molecular flexibility index (Phi) is 9.29. The van der Waals surface area contributed by atoms with Crippen LogP contribution >= 0.6 is 10.8 Å². The van der Waals surface area contributed by atoms with Gasteiger partial charge in [0.25, 0.3) is 0 Å². The third-order valence-electron chi connectivity index (χ3n) is 16.7. The highest BCUT2D eigenvalue weighted by Gasteiger charge is 2.70. The third kappa shape index (κ3) is 5.71. The highest BCUT2D eigenvalue weighted by molar-refractivity contribution is 8.22. The molecule has 0 unspecified atom stereocenters. The molecule has 4 N–H and O–H groups in total. The minimum absolute atomic E-state index is 0.0192. The van der Waals surface area contributed by atoms with Crippen molar-refractivity contribution < 1.29 is 23.8 Å². The van der Waals surface area contributed by atoms with Crippen LogP contribution in [0.2, 0.25) is 0 Å². The molecule has 5 aliphatic carbocycles. The van der Waals surface area contributed by atoms with Gasteiger partial charge in [0, 0.05) is 13.1 Å². The maximum Gasteiger partial charge on any atom is 0.335 e. The summed E-state index contributed by atoms with van der Waals surface area (Å²) in [5.74, 6) is 2.13. The number of amides is 1. The largest absolute Gasteiger partial charge is 0.478 e. The van der Waals surface area contributed by atoms with Crippen molar-refractivity contribution in [2.45, 2.75) is 112 Å². The van der Waals surface area contributed by atoms with Crippen LogP contribution in [-0.2, 0) is 4.79 Å². The van der Waals surface area contributed by atoms with Crippen molar-refractivity contribution in [3.05, 3.63) is 53.6 Å². The van der Waals surface area contributed by atoms with E-state index in [1.165, 1.54) is 43.3 Å². The first-order valence-corrected chi connectivity index (χ1v) is 21.5. The number of nitrogens with zero attached hydrogens (tertiary/aromatic N) is 1. The standard InChI is InChI=1S/C43H64N2O5S/c1-28(2)31-16-21-43(27-44-36(46)26-45-24-8-9-25-51(45,49)50)23-22-41(6)33(37(31)43)14-15-35-40(5)19-17-32(29-10-12-30(13-11-29)38(47)48)39(3,4)34(40)18-20-42(35,41)7/h10-13,17,31,33-35,37,49-50H,1,8-9,14-16,18-27H2,2-7H3,(H,44,46)(H,47,48)/t31-,33+,34-,35+,37+,40-,41+,42+,43+/m0/s1. The second-order valence-corrected chi connectivity index (χ2v) is 21.3. The zero-order valence-electron chi connectivity index (χ0n) is 32.1. The highest BCUT2D eigenvalue weighted by atomic mass is 32.3. The van der Waals surface area contributed by atoms with Crippen molar-refractivity contribution in [2.75, 3.05) is 25.4 Å². The van der Waals surface area contributed by atoms with Gasteiger partial charge in [-0.3, -0.25) is 13.9 Å². The second kappa shape index (κ2) is 12.7. The minimum Gasteiger partial charge on any atom is -0.478 e. The summed E-state index contributed by atoms with van der Waals surface area (Å²) in [6.07, 6.45) is 14.7. The number of hydrogen-bond acceptors (Lipinski definition) is 5. The van der Waals surface area contributed by atoms with Crippen LogP contribution in [0.25, 0.3) is 5.57 Å². The van der Waals surface area contributed by atoms with Crippen molar-refractivity contribution in [3.63, 3.8) is 0 Å². The molecule has 1 aliphatic heterocycles. The molecule has 0 radical (unpaired) electrons. The third-order valence-corrected chi connectivity index (χ3v) is 18.7. The SMILES string of the molecule is C=C(C)[C@@H]1CC[C@]2(CNC(=O)CN3CCCCS3(O)O)CC[C@]3(C)[C@H](CC[C@@H]4[C@@]5(C)CC=C(c6ccc(C(=O)O)cc6)C(C)(C)[C@@H]5CC[C@]43C)[C@@H]12. The quantitative estimate of drug-likeness (QED) is 0.209. The molecule has 1 amide bonds. The van der Waals surface area contributed by atoms with E-state index < -0.39 is 16.7 Å². The van der Waals surface area contributed by atoms with Crippen molar-refractivity contribution in [1.29, 1.82) is 0 Å². The second-order valence-electron chi connectivity index (χ2n) is 19.2. The Morgan fingerprint density at radius 1 is 0.922 bits per heavy atom. The van der Waals surface area contributed by atoms with E-state index in [2.05, 4.69) is 59.5 Å². The van der Waals surface area contributed by atoms with E-state index >= 15 is 0 Å². The number of carboxylic acids is 1. The van der Waals surface area contributed by atoms with Gasteiger partial charge in [-0.2, -0.15) is 4.31 Å². The van der Waals surface area contributed by atoms with Crippen LogP contribution in [0.5, 0.6) is 0 Å². The number of rotatable bonds is 7. The Balaban J connectivity index is 1.15. The Hall–Kier alpha value is -2.13. The van der Waals surface area contributed by atoms with Gasteiger partial charge in [0.15, 0.2) is 0 Å². The van der Waals surface area contributed by atoms with Crippen molar-refractivity contribution in [3.8, 4) is 0 Å². The first-order valence-electron chi connectivity index (χ1n) is 19.9. The first-order chi connectivity index (χ1) is 23.9. The van der Waals surface area contributed by atoms with Crippen molar-refractivity contribution in [2.24, 2.45) is 56.7 Å². The number of hydrogen-bond donors (Lipinski definition) is 4. The number of allylic oxidation sites excluding steroid dienone is 3. The molecule has 51 heavy (non-hydrogen) atoms. The van der Waals surface area contributed by atoms with Crippen LogP contribution in [0.3, 0.4) is 0 Å². The summed E-state index contributed by atoms with van der Waals surface area (Å²) in [4.78, 5) is 25.0. The average Bonchev–Trinajstić information content (AvgIpc) is 3.45. The van der Waals surface area contributed by atoms with E-state index in [0.717, 1.165) is 44.1 Å².